The van der Waals surface area contributed by atoms with Crippen molar-refractivity contribution in [2.45, 2.75) is 24.9 Å². The Labute approximate surface area is 87.3 Å². The number of H-pyrrole nitrogens is 1. The quantitative estimate of drug-likeness (QED) is 0.796. The number of sulfone groups is 1. The third-order valence-corrected chi connectivity index (χ3v) is 2.74. The summed E-state index contributed by atoms with van der Waals surface area (Å²) in [7, 11) is -3.50. The standard InChI is InChI=1S/C8H12N2O4S/c1-4(2)5-6(7(11)12)10-8(9-5)15(3,13)14/h4H,1-3H3,(H,9,10)(H,11,12). The lowest BCUT2D eigenvalue weighted by atomic mass is 10.1. The Kier molecular flexibility index (Phi) is 2.85. The second-order valence-corrected chi connectivity index (χ2v) is 5.47. The summed E-state index contributed by atoms with van der Waals surface area (Å²) in [4.78, 5) is 16.9. The number of aromatic amines is 1. The second kappa shape index (κ2) is 3.65. The molecule has 15 heavy (non-hydrogen) atoms. The highest BCUT2D eigenvalue weighted by Crippen LogP contribution is 2.19. The molecule has 7 heteroatoms. The maximum Gasteiger partial charge on any atom is 0.356 e. The molecule has 1 heterocycles. The molecule has 0 saturated heterocycles. The van der Waals surface area contributed by atoms with Gasteiger partial charge in [0.2, 0.25) is 15.0 Å². The summed E-state index contributed by atoms with van der Waals surface area (Å²) in [5, 5.41) is 8.51. The van der Waals surface area contributed by atoms with Crippen LogP contribution in [0.3, 0.4) is 0 Å². The maximum atomic E-state index is 11.2. The van der Waals surface area contributed by atoms with E-state index in [4.69, 9.17) is 5.11 Å². The zero-order valence-electron chi connectivity index (χ0n) is 8.60. The van der Waals surface area contributed by atoms with Crippen LogP contribution in [0.25, 0.3) is 0 Å². The van der Waals surface area contributed by atoms with Gasteiger partial charge in [-0.05, 0) is 5.92 Å². The Bertz CT molecular complexity index is 487. The molecule has 0 unspecified atom stereocenters. The highest BCUT2D eigenvalue weighted by molar-refractivity contribution is 7.90. The fourth-order valence-corrected chi connectivity index (χ4v) is 1.67. The van der Waals surface area contributed by atoms with Crippen molar-refractivity contribution in [1.29, 1.82) is 0 Å². The Balaban J connectivity index is 3.41. The largest absolute Gasteiger partial charge is 0.476 e. The first-order valence-corrected chi connectivity index (χ1v) is 6.16. The lowest BCUT2D eigenvalue weighted by molar-refractivity contribution is 0.0689. The number of aromatic carboxylic acids is 1. The molecule has 0 aliphatic carbocycles. The minimum atomic E-state index is -3.50. The number of hydrogen-bond acceptors (Lipinski definition) is 4. The van der Waals surface area contributed by atoms with Crippen molar-refractivity contribution in [3.8, 4) is 0 Å². The highest BCUT2D eigenvalue weighted by Gasteiger charge is 2.22. The van der Waals surface area contributed by atoms with Gasteiger partial charge in [-0.1, -0.05) is 13.8 Å². The van der Waals surface area contributed by atoms with E-state index in [1.54, 1.807) is 13.8 Å². The third kappa shape index (κ3) is 2.35. The number of hydrogen-bond donors (Lipinski definition) is 2. The zero-order valence-corrected chi connectivity index (χ0v) is 9.42. The molecule has 0 aromatic carbocycles. The number of aromatic nitrogens is 2. The van der Waals surface area contributed by atoms with Crippen LogP contribution in [0.2, 0.25) is 0 Å². The lowest BCUT2D eigenvalue weighted by Gasteiger charge is -2.00. The highest BCUT2D eigenvalue weighted by atomic mass is 32.2. The summed E-state index contributed by atoms with van der Waals surface area (Å²) in [6.45, 7) is 3.51. The number of carbonyl (C=O) groups is 1. The molecule has 1 rings (SSSR count). The van der Waals surface area contributed by atoms with Gasteiger partial charge in [0.05, 0.1) is 5.69 Å². The van der Waals surface area contributed by atoms with E-state index in [0.29, 0.717) is 5.69 Å². The number of carboxylic acids is 1. The summed E-state index contributed by atoms with van der Waals surface area (Å²) in [5.41, 5.74) is 0.0911. The molecule has 0 fully saturated rings. The molecule has 0 aliphatic rings. The first kappa shape index (κ1) is 11.7. The van der Waals surface area contributed by atoms with Gasteiger partial charge in [0.25, 0.3) is 0 Å². The van der Waals surface area contributed by atoms with E-state index < -0.39 is 15.8 Å². The predicted octanol–water partition coefficient (Wildman–Crippen LogP) is 0.635. The average Bonchev–Trinajstić information content (AvgIpc) is 2.45. The fraction of sp³-hybridized carbons (Fsp3) is 0.500. The van der Waals surface area contributed by atoms with Crippen LogP contribution < -0.4 is 0 Å². The third-order valence-electron chi connectivity index (χ3n) is 1.84. The monoisotopic (exact) mass is 232 g/mol. The molecule has 0 spiro atoms. The topological polar surface area (TPSA) is 100 Å². The van der Waals surface area contributed by atoms with E-state index >= 15 is 0 Å². The Morgan fingerprint density at radius 1 is 1.47 bits per heavy atom. The van der Waals surface area contributed by atoms with Crippen LogP contribution in [0.4, 0.5) is 0 Å². The lowest BCUT2D eigenvalue weighted by Crippen LogP contribution is -2.03. The van der Waals surface area contributed by atoms with Crippen LogP contribution in [0.5, 0.6) is 0 Å². The number of nitrogens with zero attached hydrogens (tertiary/aromatic N) is 1. The van der Waals surface area contributed by atoms with Gasteiger partial charge in [-0.25, -0.2) is 18.2 Å². The molecule has 0 radical (unpaired) electrons. The summed E-state index contributed by atoms with van der Waals surface area (Å²) in [6.07, 6.45) is 0.974. The fourth-order valence-electron chi connectivity index (χ4n) is 1.12. The average molecular weight is 232 g/mol. The number of rotatable bonds is 3. The molecule has 0 atom stereocenters. The minimum absolute atomic E-state index is 0.126. The van der Waals surface area contributed by atoms with Crippen molar-refractivity contribution in [1.82, 2.24) is 9.97 Å². The van der Waals surface area contributed by atoms with Gasteiger partial charge >= 0.3 is 5.97 Å². The van der Waals surface area contributed by atoms with Crippen LogP contribution in [0.15, 0.2) is 5.16 Å². The van der Waals surface area contributed by atoms with Gasteiger partial charge in [-0.15, -0.1) is 0 Å². The van der Waals surface area contributed by atoms with Crippen LogP contribution in [0, 0.1) is 0 Å². The minimum Gasteiger partial charge on any atom is -0.476 e. The maximum absolute atomic E-state index is 11.2. The number of nitrogens with one attached hydrogen (secondary N) is 1. The Hall–Kier alpha value is -1.37. The molecule has 6 nitrogen and oxygen atoms in total. The SMILES string of the molecule is CC(C)c1[nH]c(S(C)(=O)=O)nc1C(=O)O. The molecule has 1 aromatic rings. The first-order valence-electron chi connectivity index (χ1n) is 4.26. The van der Waals surface area contributed by atoms with E-state index in [9.17, 15) is 13.2 Å². The summed E-state index contributed by atoms with van der Waals surface area (Å²) >= 11 is 0. The van der Waals surface area contributed by atoms with Gasteiger partial charge in [0, 0.05) is 6.26 Å². The smallest absolute Gasteiger partial charge is 0.356 e. The predicted molar refractivity (Wildman–Crippen MR) is 52.7 cm³/mol. The molecule has 0 amide bonds. The van der Waals surface area contributed by atoms with Crippen LogP contribution in [0.1, 0.15) is 35.9 Å². The van der Waals surface area contributed by atoms with E-state index in [2.05, 4.69) is 9.97 Å². The molecule has 0 saturated carbocycles. The van der Waals surface area contributed by atoms with Gasteiger partial charge < -0.3 is 10.1 Å². The van der Waals surface area contributed by atoms with Crippen molar-refractivity contribution in [2.75, 3.05) is 6.26 Å². The summed E-state index contributed by atoms with van der Waals surface area (Å²) < 4.78 is 22.3. The van der Waals surface area contributed by atoms with Crippen LogP contribution >= 0.6 is 0 Å². The summed E-state index contributed by atoms with van der Waals surface area (Å²) in [6, 6.07) is 0. The van der Waals surface area contributed by atoms with Gasteiger partial charge in [-0.3, -0.25) is 0 Å². The molecule has 0 bridgehead atoms. The van der Waals surface area contributed by atoms with E-state index in [1.807, 2.05) is 0 Å². The molecular formula is C8H12N2O4S. The number of imidazole rings is 1. The summed E-state index contributed by atoms with van der Waals surface area (Å²) in [5.74, 6) is -1.36. The molecule has 84 valence electrons. The van der Waals surface area contributed by atoms with Crippen molar-refractivity contribution < 1.29 is 18.3 Å². The van der Waals surface area contributed by atoms with E-state index in [-0.39, 0.29) is 16.8 Å². The zero-order chi connectivity index (χ0) is 11.8. The van der Waals surface area contributed by atoms with Crippen molar-refractivity contribution in [3.63, 3.8) is 0 Å². The van der Waals surface area contributed by atoms with Gasteiger partial charge in [0.1, 0.15) is 0 Å². The normalized spacial score (nSPS) is 12.0. The van der Waals surface area contributed by atoms with Crippen molar-refractivity contribution in [2.24, 2.45) is 0 Å². The van der Waals surface area contributed by atoms with E-state index in [1.165, 1.54) is 0 Å². The second-order valence-electron chi connectivity index (χ2n) is 3.54. The molecular weight excluding hydrogens is 220 g/mol. The molecule has 0 aliphatic heterocycles. The molecule has 2 N–H and O–H groups in total. The Morgan fingerprint density at radius 3 is 2.27 bits per heavy atom. The first-order chi connectivity index (χ1) is 6.73. The van der Waals surface area contributed by atoms with E-state index in [0.717, 1.165) is 6.26 Å². The van der Waals surface area contributed by atoms with Crippen molar-refractivity contribution in [3.05, 3.63) is 11.4 Å². The van der Waals surface area contributed by atoms with Crippen molar-refractivity contribution >= 4 is 15.8 Å². The number of carboxylic acid groups (broad SMARTS) is 1. The molecule has 1 aromatic heterocycles. The van der Waals surface area contributed by atoms with Gasteiger partial charge in [-0.2, -0.15) is 0 Å². The van der Waals surface area contributed by atoms with Crippen LogP contribution in [-0.2, 0) is 9.84 Å². The van der Waals surface area contributed by atoms with Gasteiger partial charge in [0.15, 0.2) is 5.69 Å². The van der Waals surface area contributed by atoms with Crippen LogP contribution in [-0.4, -0.2) is 35.7 Å². The Morgan fingerprint density at radius 2 is 2.00 bits per heavy atom.